The fraction of sp³-hybridized carbons (Fsp3) is 0.125. The van der Waals surface area contributed by atoms with E-state index in [9.17, 15) is 17.9 Å². The fourth-order valence-electron chi connectivity index (χ4n) is 3.67. The first kappa shape index (κ1) is 33.7. The molecule has 0 aliphatic rings. The molecule has 3 aromatic carbocycles. The predicted molar refractivity (Wildman–Crippen MR) is 162 cm³/mol. The molecule has 0 bridgehead atoms. The molecular weight excluding hydrogens is 660 g/mol. The molecule has 4 aromatic rings. The minimum atomic E-state index is -3.51. The van der Waals surface area contributed by atoms with Crippen molar-refractivity contribution in [3.63, 3.8) is 0 Å². The van der Waals surface area contributed by atoms with Gasteiger partial charge in [0.25, 0.3) is 0 Å². The number of halogens is 1. The topological polar surface area (TPSA) is 236 Å². The number of anilines is 4. The molecule has 1 aromatic heterocycles. The lowest BCUT2D eigenvalue weighted by atomic mass is 10.1. The number of nitrogen functional groups attached to an aromatic ring is 1. The first-order chi connectivity index (χ1) is 21.5. The summed E-state index contributed by atoms with van der Waals surface area (Å²) in [6.07, 6.45) is -1.12. The molecule has 1 heterocycles. The molecular formula is C24H23FN8O9S3. The Morgan fingerprint density at radius 1 is 1.09 bits per heavy atom. The Balaban J connectivity index is 1.66. The largest absolute Gasteiger partial charge is 0.507 e. The van der Waals surface area contributed by atoms with Gasteiger partial charge < -0.3 is 21.1 Å². The van der Waals surface area contributed by atoms with Gasteiger partial charge in [-0.2, -0.15) is 19.3 Å². The Labute approximate surface area is 262 Å². The molecule has 21 heteroatoms. The molecule has 0 unspecified atom stereocenters. The van der Waals surface area contributed by atoms with Crippen LogP contribution >= 0.6 is 24.1 Å². The molecule has 0 spiro atoms. The molecule has 45 heavy (non-hydrogen) atoms. The minimum absolute atomic E-state index is 0.0432. The number of nitrogens with one attached hydrogen (secondary N) is 1. The van der Waals surface area contributed by atoms with Gasteiger partial charge in [0.2, 0.25) is 11.9 Å². The van der Waals surface area contributed by atoms with Gasteiger partial charge in [0, 0.05) is 29.6 Å². The molecule has 0 radical (unpaired) electrons. The summed E-state index contributed by atoms with van der Waals surface area (Å²) in [5, 5.41) is 47.9. The van der Waals surface area contributed by atoms with Crippen molar-refractivity contribution in [1.29, 1.82) is 0 Å². The van der Waals surface area contributed by atoms with Crippen LogP contribution < -0.4 is 16.0 Å². The van der Waals surface area contributed by atoms with E-state index in [-0.39, 0.29) is 52.4 Å². The van der Waals surface area contributed by atoms with Gasteiger partial charge in [-0.05, 0) is 41.8 Å². The number of benzene rings is 3. The van der Waals surface area contributed by atoms with Gasteiger partial charge in [-0.25, -0.2) is 18.9 Å². The zero-order valence-corrected chi connectivity index (χ0v) is 25.3. The molecule has 0 saturated carbocycles. The normalized spacial score (nSPS) is 11.7. The van der Waals surface area contributed by atoms with Crippen LogP contribution in [0.2, 0.25) is 0 Å². The van der Waals surface area contributed by atoms with E-state index in [0.29, 0.717) is 45.0 Å². The van der Waals surface area contributed by atoms with E-state index in [1.807, 2.05) is 0 Å². The van der Waals surface area contributed by atoms with E-state index >= 15 is 0 Å². The molecule has 0 amide bonds. The number of nitrogens with two attached hydrogens (primary N) is 1. The molecule has 4 rings (SSSR count). The minimum Gasteiger partial charge on any atom is -0.507 e. The Morgan fingerprint density at radius 2 is 1.84 bits per heavy atom. The summed E-state index contributed by atoms with van der Waals surface area (Å²) in [6.45, 7) is 3.21. The number of phenols is 1. The number of fused-ring (bicyclic) bond motifs is 1. The Kier molecular flexibility index (Phi) is 11.4. The van der Waals surface area contributed by atoms with Crippen LogP contribution in [0, 0.1) is 6.08 Å². The second-order valence-corrected chi connectivity index (χ2v) is 12.3. The maximum absolute atomic E-state index is 14.3. The van der Waals surface area contributed by atoms with E-state index in [1.54, 1.807) is 18.2 Å². The molecule has 0 fully saturated rings. The van der Waals surface area contributed by atoms with Crippen molar-refractivity contribution in [1.82, 2.24) is 15.0 Å². The third-order valence-corrected chi connectivity index (χ3v) is 8.24. The van der Waals surface area contributed by atoms with Gasteiger partial charge in [-0.1, -0.05) is 22.7 Å². The van der Waals surface area contributed by atoms with E-state index in [0.717, 1.165) is 5.41 Å². The second kappa shape index (κ2) is 15.2. The van der Waals surface area contributed by atoms with Crippen LogP contribution in [0.15, 0.2) is 74.5 Å². The molecule has 0 atom stereocenters. The van der Waals surface area contributed by atoms with Crippen molar-refractivity contribution in [3.8, 4) is 5.75 Å². The highest BCUT2D eigenvalue weighted by molar-refractivity contribution is 7.95. The van der Waals surface area contributed by atoms with Crippen molar-refractivity contribution in [2.45, 2.75) is 9.79 Å². The number of aromatic hydroxyl groups is 1. The molecule has 0 saturated heterocycles. The van der Waals surface area contributed by atoms with Crippen LogP contribution in [-0.4, -0.2) is 58.3 Å². The van der Waals surface area contributed by atoms with Gasteiger partial charge in [0.05, 0.1) is 45.8 Å². The summed E-state index contributed by atoms with van der Waals surface area (Å²) in [6, 6.07) is 10.6. The Hall–Kier alpha value is -4.19. The van der Waals surface area contributed by atoms with Crippen molar-refractivity contribution in [2.75, 3.05) is 35.3 Å². The van der Waals surface area contributed by atoms with Crippen molar-refractivity contribution in [2.24, 2.45) is 10.2 Å². The highest BCUT2D eigenvalue weighted by Gasteiger charge is 2.16. The van der Waals surface area contributed by atoms with Crippen molar-refractivity contribution in [3.05, 3.63) is 60.5 Å². The van der Waals surface area contributed by atoms with E-state index < -0.39 is 15.9 Å². The van der Waals surface area contributed by atoms with Crippen LogP contribution in [0.5, 0.6) is 5.75 Å². The van der Waals surface area contributed by atoms with Gasteiger partial charge >= 0.3 is 6.08 Å². The molecule has 17 nitrogen and oxygen atoms in total. The first-order valence-electron chi connectivity index (χ1n) is 12.2. The second-order valence-electron chi connectivity index (χ2n) is 8.69. The average molecular weight is 683 g/mol. The SMILES string of the molecule is C=CS(=O)(=O)CCN(C)c1nc(F)nc(Nc2ccc(SOOO)c(N=Nc3c(N)ccc4cc(SOOO)cc(O)c34)c2)n1. The highest BCUT2D eigenvalue weighted by atomic mass is 32.2. The molecule has 6 N–H and O–H groups in total. The number of hydrogen-bond acceptors (Lipinski definition) is 19. The third-order valence-electron chi connectivity index (χ3n) is 5.76. The molecule has 0 aliphatic heterocycles. The number of phenolic OH excluding ortho intramolecular Hbond substituents is 1. The quantitative estimate of drug-likeness (QED) is 0.0344. The summed E-state index contributed by atoms with van der Waals surface area (Å²) >= 11 is 1.24. The van der Waals surface area contributed by atoms with E-state index in [1.165, 1.54) is 36.2 Å². The molecule has 0 aliphatic carbocycles. The number of nitrogens with zero attached hydrogens (tertiary/aromatic N) is 6. The van der Waals surface area contributed by atoms with E-state index in [4.69, 9.17) is 16.2 Å². The predicted octanol–water partition coefficient (Wildman–Crippen LogP) is 5.46. The summed E-state index contributed by atoms with van der Waals surface area (Å²) in [5.41, 5.74) is 6.87. The zero-order chi connectivity index (χ0) is 32.6. The summed E-state index contributed by atoms with van der Waals surface area (Å²) in [5.74, 6) is -0.850. The lowest BCUT2D eigenvalue weighted by Crippen LogP contribution is -2.27. The van der Waals surface area contributed by atoms with Gasteiger partial charge in [0.15, 0.2) is 9.84 Å². The van der Waals surface area contributed by atoms with Gasteiger partial charge in [0.1, 0.15) is 17.1 Å². The number of hydrogen-bond donors (Lipinski definition) is 5. The summed E-state index contributed by atoms with van der Waals surface area (Å²) in [4.78, 5) is 13.4. The van der Waals surface area contributed by atoms with Gasteiger partial charge in [-0.3, -0.25) is 0 Å². The van der Waals surface area contributed by atoms with E-state index in [2.05, 4.69) is 55.8 Å². The summed E-state index contributed by atoms with van der Waals surface area (Å²) in [7, 11) is -2.03. The Bertz CT molecular complexity index is 1840. The van der Waals surface area contributed by atoms with Crippen LogP contribution in [0.4, 0.5) is 39.0 Å². The van der Waals surface area contributed by atoms with Crippen molar-refractivity contribution >= 4 is 79.3 Å². The maximum Gasteiger partial charge on any atom is 0.315 e. The highest BCUT2D eigenvalue weighted by Crippen LogP contribution is 2.42. The first-order valence-corrected chi connectivity index (χ1v) is 15.4. The number of azo groups is 1. The fourth-order valence-corrected chi connectivity index (χ4v) is 5.22. The number of aromatic nitrogens is 3. The lowest BCUT2D eigenvalue weighted by Gasteiger charge is -2.17. The zero-order valence-electron chi connectivity index (χ0n) is 22.9. The number of sulfone groups is 1. The summed E-state index contributed by atoms with van der Waals surface area (Å²) < 4.78 is 46.8. The van der Waals surface area contributed by atoms with Crippen LogP contribution in [-0.2, 0) is 28.6 Å². The Morgan fingerprint density at radius 3 is 2.58 bits per heavy atom. The monoisotopic (exact) mass is 682 g/mol. The number of rotatable bonds is 15. The maximum atomic E-state index is 14.3. The van der Waals surface area contributed by atoms with Crippen LogP contribution in [0.3, 0.4) is 0 Å². The molecule has 238 valence electrons. The van der Waals surface area contributed by atoms with Crippen LogP contribution in [0.1, 0.15) is 0 Å². The van der Waals surface area contributed by atoms with Gasteiger partial charge in [-0.15, -0.1) is 18.9 Å². The standard InChI is InChI=1S/C24H23FN8O9S3/c1-3-45(37,38)9-8-33(2)24-29-22(25)28-23(30-24)27-14-5-7-19(44-42-40-36)17(11-14)31-32-21-16(26)6-4-13-10-15(43-41-39-35)12-18(34)20(13)21/h3-7,10-12,34-36H,1,8-9,26H2,2H3,(H,27,28,29,30). The van der Waals surface area contributed by atoms with Crippen molar-refractivity contribution < 1.29 is 47.2 Å². The lowest BCUT2D eigenvalue weighted by molar-refractivity contribution is -0.432. The van der Waals surface area contributed by atoms with Crippen LogP contribution in [0.25, 0.3) is 10.8 Å². The average Bonchev–Trinajstić information content (AvgIpc) is 3.01. The smallest absolute Gasteiger partial charge is 0.315 e. The third kappa shape index (κ3) is 8.93.